The second-order valence-electron chi connectivity index (χ2n) is 5.17. The second kappa shape index (κ2) is 8.88. The molecular weight excluding hydrogens is 248 g/mol. The van der Waals surface area contributed by atoms with Crippen molar-refractivity contribution in [1.82, 2.24) is 9.80 Å². The topological polar surface area (TPSA) is 40.6 Å². The van der Waals surface area contributed by atoms with E-state index in [0.717, 1.165) is 32.7 Å². The monoisotopic (exact) mass is 278 g/mol. The average molecular weight is 278 g/mol. The van der Waals surface area contributed by atoms with Crippen LogP contribution in [0, 0.1) is 5.92 Å². The molecule has 1 rings (SSSR count). The molecule has 0 aromatic heterocycles. The molecule has 0 bridgehead atoms. The molecule has 1 fully saturated rings. The van der Waals surface area contributed by atoms with Crippen LogP contribution in [0.4, 0.5) is 0 Å². The molecule has 0 aromatic carbocycles. The Balaban J connectivity index is 0.00000137. The zero-order valence-electron chi connectivity index (χ0n) is 12.6. The molecule has 0 spiro atoms. The number of hydrogen-bond donors (Lipinski definition) is 0. The summed E-state index contributed by atoms with van der Waals surface area (Å²) in [6.07, 6.45) is 1.31. The first kappa shape index (κ1) is 17.9. The Labute approximate surface area is 113 Å². The number of hydrogen-bond acceptors (Lipinski definition) is 4. The SMILES string of the molecule is CC.CC(C)CN1CCN(CCS(C)(=O)=O)CC1. The normalized spacial score (nSPS) is 18.6. The van der Waals surface area contributed by atoms with Crippen molar-refractivity contribution in [2.45, 2.75) is 27.7 Å². The predicted molar refractivity (Wildman–Crippen MR) is 78.8 cm³/mol. The van der Waals surface area contributed by atoms with Crippen LogP contribution in [0.1, 0.15) is 27.7 Å². The van der Waals surface area contributed by atoms with E-state index in [0.29, 0.717) is 12.5 Å². The van der Waals surface area contributed by atoms with Gasteiger partial charge in [0.2, 0.25) is 0 Å². The first-order valence-corrected chi connectivity index (χ1v) is 9.05. The molecule has 4 nitrogen and oxygen atoms in total. The van der Waals surface area contributed by atoms with Crippen molar-refractivity contribution in [2.24, 2.45) is 5.92 Å². The van der Waals surface area contributed by atoms with Crippen molar-refractivity contribution < 1.29 is 8.42 Å². The first-order valence-electron chi connectivity index (χ1n) is 6.99. The quantitative estimate of drug-likeness (QED) is 0.761. The first-order chi connectivity index (χ1) is 8.37. The summed E-state index contributed by atoms with van der Waals surface area (Å²) in [4.78, 5) is 4.71. The van der Waals surface area contributed by atoms with Gasteiger partial charge in [0.25, 0.3) is 0 Å². The third kappa shape index (κ3) is 8.89. The van der Waals surface area contributed by atoms with E-state index in [1.807, 2.05) is 13.8 Å². The van der Waals surface area contributed by atoms with Crippen LogP contribution >= 0.6 is 0 Å². The van der Waals surface area contributed by atoms with Crippen molar-refractivity contribution in [3.63, 3.8) is 0 Å². The highest BCUT2D eigenvalue weighted by Crippen LogP contribution is 2.05. The van der Waals surface area contributed by atoms with Crippen molar-refractivity contribution >= 4 is 9.84 Å². The molecule has 0 saturated carbocycles. The lowest BCUT2D eigenvalue weighted by Crippen LogP contribution is -2.48. The van der Waals surface area contributed by atoms with Crippen LogP contribution in [0.5, 0.6) is 0 Å². The molecule has 0 unspecified atom stereocenters. The molecule has 1 aliphatic heterocycles. The van der Waals surface area contributed by atoms with Crippen LogP contribution < -0.4 is 0 Å². The van der Waals surface area contributed by atoms with Gasteiger partial charge in [0.15, 0.2) is 0 Å². The van der Waals surface area contributed by atoms with Crippen molar-refractivity contribution in [3.05, 3.63) is 0 Å². The summed E-state index contributed by atoms with van der Waals surface area (Å²) in [7, 11) is -2.81. The fraction of sp³-hybridized carbons (Fsp3) is 1.00. The van der Waals surface area contributed by atoms with E-state index in [4.69, 9.17) is 0 Å². The van der Waals surface area contributed by atoms with E-state index in [1.165, 1.54) is 6.26 Å². The highest BCUT2D eigenvalue weighted by Gasteiger charge is 2.18. The summed E-state index contributed by atoms with van der Waals surface area (Å²) in [6.45, 7) is 14.5. The molecule has 0 N–H and O–H groups in total. The zero-order valence-corrected chi connectivity index (χ0v) is 13.5. The highest BCUT2D eigenvalue weighted by molar-refractivity contribution is 7.90. The van der Waals surface area contributed by atoms with Gasteiger partial charge < -0.3 is 4.90 Å². The molecule has 18 heavy (non-hydrogen) atoms. The van der Waals surface area contributed by atoms with E-state index in [1.54, 1.807) is 0 Å². The lowest BCUT2D eigenvalue weighted by Gasteiger charge is -2.35. The maximum atomic E-state index is 11.0. The van der Waals surface area contributed by atoms with E-state index in [2.05, 4.69) is 23.6 Å². The van der Waals surface area contributed by atoms with Gasteiger partial charge in [0.05, 0.1) is 5.75 Å². The minimum Gasteiger partial charge on any atom is -0.301 e. The van der Waals surface area contributed by atoms with Gasteiger partial charge in [-0.15, -0.1) is 0 Å². The highest BCUT2D eigenvalue weighted by atomic mass is 32.2. The van der Waals surface area contributed by atoms with Gasteiger partial charge in [-0.1, -0.05) is 27.7 Å². The summed E-state index contributed by atoms with van der Waals surface area (Å²) in [5, 5.41) is 0. The Hall–Kier alpha value is -0.130. The van der Waals surface area contributed by atoms with Crippen LogP contribution in [0.3, 0.4) is 0 Å². The Kier molecular flexibility index (Phi) is 8.82. The predicted octanol–water partition coefficient (Wildman–Crippen LogP) is 1.33. The van der Waals surface area contributed by atoms with Gasteiger partial charge in [-0.2, -0.15) is 0 Å². The van der Waals surface area contributed by atoms with Gasteiger partial charge in [0.1, 0.15) is 9.84 Å². The van der Waals surface area contributed by atoms with Gasteiger partial charge in [-0.3, -0.25) is 4.90 Å². The molecule has 1 aliphatic rings. The Morgan fingerprint density at radius 1 is 1.00 bits per heavy atom. The molecule has 0 radical (unpaired) electrons. The number of nitrogens with zero attached hydrogens (tertiary/aromatic N) is 2. The largest absolute Gasteiger partial charge is 0.301 e. The van der Waals surface area contributed by atoms with Crippen LogP contribution in [0.2, 0.25) is 0 Å². The van der Waals surface area contributed by atoms with Crippen LogP contribution in [-0.4, -0.2) is 69.5 Å². The Morgan fingerprint density at radius 3 is 1.83 bits per heavy atom. The fourth-order valence-electron chi connectivity index (χ4n) is 2.01. The van der Waals surface area contributed by atoms with E-state index >= 15 is 0 Å². The molecule has 0 atom stereocenters. The Morgan fingerprint density at radius 2 is 1.44 bits per heavy atom. The van der Waals surface area contributed by atoms with Gasteiger partial charge in [-0.05, 0) is 5.92 Å². The summed E-state index contributed by atoms with van der Waals surface area (Å²) in [6, 6.07) is 0. The maximum Gasteiger partial charge on any atom is 0.148 e. The summed E-state index contributed by atoms with van der Waals surface area (Å²) >= 11 is 0. The smallest absolute Gasteiger partial charge is 0.148 e. The van der Waals surface area contributed by atoms with Gasteiger partial charge in [0, 0.05) is 45.5 Å². The molecule has 1 saturated heterocycles. The zero-order chi connectivity index (χ0) is 14.2. The fourth-order valence-corrected chi connectivity index (χ4v) is 2.60. The number of sulfone groups is 1. The van der Waals surface area contributed by atoms with Crippen molar-refractivity contribution in [2.75, 3.05) is 51.3 Å². The summed E-state index contributed by atoms with van der Waals surface area (Å²) in [5.41, 5.74) is 0. The lowest BCUT2D eigenvalue weighted by atomic mass is 10.2. The summed E-state index contributed by atoms with van der Waals surface area (Å²) < 4.78 is 22.1. The van der Waals surface area contributed by atoms with Crippen LogP contribution in [-0.2, 0) is 9.84 Å². The second-order valence-corrected chi connectivity index (χ2v) is 7.43. The van der Waals surface area contributed by atoms with Crippen molar-refractivity contribution in [1.29, 1.82) is 0 Å². The number of piperazine rings is 1. The van der Waals surface area contributed by atoms with Gasteiger partial charge >= 0.3 is 0 Å². The third-order valence-electron chi connectivity index (χ3n) is 2.87. The summed E-state index contributed by atoms with van der Waals surface area (Å²) in [5.74, 6) is 1.000. The molecule has 0 aromatic rings. The molecule has 1 heterocycles. The van der Waals surface area contributed by atoms with Crippen LogP contribution in [0.15, 0.2) is 0 Å². The van der Waals surface area contributed by atoms with Gasteiger partial charge in [-0.25, -0.2) is 8.42 Å². The van der Waals surface area contributed by atoms with Crippen LogP contribution in [0.25, 0.3) is 0 Å². The lowest BCUT2D eigenvalue weighted by molar-refractivity contribution is 0.127. The minimum absolute atomic E-state index is 0.289. The number of rotatable bonds is 5. The average Bonchev–Trinajstić information content (AvgIpc) is 2.29. The third-order valence-corrected chi connectivity index (χ3v) is 3.79. The van der Waals surface area contributed by atoms with E-state index in [-0.39, 0.29) is 5.75 Å². The minimum atomic E-state index is -2.81. The molecule has 5 heteroatoms. The van der Waals surface area contributed by atoms with E-state index in [9.17, 15) is 8.42 Å². The molecule has 110 valence electrons. The Bertz CT molecular complexity index is 294. The van der Waals surface area contributed by atoms with Crippen molar-refractivity contribution in [3.8, 4) is 0 Å². The molecule has 0 amide bonds. The standard InChI is InChI=1S/C11H24N2O2S.C2H6/c1-11(2)10-13-6-4-12(5-7-13)8-9-16(3,14)15;1-2/h11H,4-10H2,1-3H3;1-2H3. The molecule has 0 aliphatic carbocycles. The molecular formula is C13H30N2O2S. The van der Waals surface area contributed by atoms with E-state index < -0.39 is 9.84 Å². The maximum absolute atomic E-state index is 11.0.